The second-order valence-corrected chi connectivity index (χ2v) is 7.01. The molecule has 16 heavy (non-hydrogen) atoms. The number of ether oxygens (including phenoxy) is 1. The van der Waals surface area contributed by atoms with Crippen molar-refractivity contribution in [3.05, 3.63) is 0 Å². The van der Waals surface area contributed by atoms with E-state index in [-0.39, 0.29) is 0 Å². The van der Waals surface area contributed by atoms with Crippen LogP contribution in [0.1, 0.15) is 52.9 Å². The molecule has 2 rings (SSSR count). The molecule has 0 aromatic heterocycles. The first-order valence-corrected chi connectivity index (χ1v) is 6.79. The molecule has 94 valence electrons. The Labute approximate surface area is 99.9 Å². The molecule has 1 saturated heterocycles. The van der Waals surface area contributed by atoms with Crippen molar-refractivity contribution < 1.29 is 4.74 Å². The summed E-state index contributed by atoms with van der Waals surface area (Å²) in [6, 6.07) is 0. The van der Waals surface area contributed by atoms with Crippen LogP contribution in [0.2, 0.25) is 0 Å². The lowest BCUT2D eigenvalue weighted by molar-refractivity contribution is 0.0256. The fourth-order valence-electron chi connectivity index (χ4n) is 2.95. The lowest BCUT2D eigenvalue weighted by Gasteiger charge is -2.35. The van der Waals surface area contributed by atoms with Crippen molar-refractivity contribution in [3.8, 4) is 0 Å². The molecule has 2 nitrogen and oxygen atoms in total. The largest absolute Gasteiger partial charge is 0.377 e. The fourth-order valence-corrected chi connectivity index (χ4v) is 2.95. The van der Waals surface area contributed by atoms with Gasteiger partial charge in [-0.05, 0) is 43.4 Å². The summed E-state index contributed by atoms with van der Waals surface area (Å²) < 4.78 is 5.97. The van der Waals surface area contributed by atoms with Gasteiger partial charge in [-0.3, -0.25) is 0 Å². The second-order valence-electron chi connectivity index (χ2n) is 7.01. The smallest absolute Gasteiger partial charge is 0.0672 e. The molecule has 2 fully saturated rings. The molecule has 2 aliphatic rings. The van der Waals surface area contributed by atoms with Crippen molar-refractivity contribution in [3.63, 3.8) is 0 Å². The van der Waals surface area contributed by atoms with Crippen LogP contribution in [0.5, 0.6) is 0 Å². The summed E-state index contributed by atoms with van der Waals surface area (Å²) in [7, 11) is 0. The van der Waals surface area contributed by atoms with Gasteiger partial charge in [0.25, 0.3) is 0 Å². The second kappa shape index (κ2) is 4.30. The topological polar surface area (TPSA) is 35.2 Å². The summed E-state index contributed by atoms with van der Waals surface area (Å²) in [6.07, 6.45) is 6.88. The van der Waals surface area contributed by atoms with Crippen LogP contribution in [0.4, 0.5) is 0 Å². The average Bonchev–Trinajstić information content (AvgIpc) is 2.95. The number of hydrogen-bond acceptors (Lipinski definition) is 2. The highest BCUT2D eigenvalue weighted by Crippen LogP contribution is 2.50. The zero-order chi connectivity index (χ0) is 11.8. The number of rotatable bonds is 4. The zero-order valence-electron chi connectivity index (χ0n) is 11.1. The van der Waals surface area contributed by atoms with E-state index >= 15 is 0 Å². The molecule has 2 N–H and O–H groups in total. The van der Waals surface area contributed by atoms with Crippen LogP contribution >= 0.6 is 0 Å². The summed E-state index contributed by atoms with van der Waals surface area (Å²) in [5.41, 5.74) is 6.79. The average molecular weight is 225 g/mol. The number of hydrogen-bond donors (Lipinski definition) is 1. The molecule has 2 heteroatoms. The Bertz CT molecular complexity index is 242. The molecule has 0 aromatic rings. The lowest BCUT2D eigenvalue weighted by Crippen LogP contribution is -2.40. The van der Waals surface area contributed by atoms with Gasteiger partial charge in [0, 0.05) is 18.6 Å². The van der Waals surface area contributed by atoms with Crippen LogP contribution in [0.15, 0.2) is 0 Å². The quantitative estimate of drug-likeness (QED) is 0.798. The molecule has 2 atom stereocenters. The Morgan fingerprint density at radius 2 is 2.00 bits per heavy atom. The van der Waals surface area contributed by atoms with Crippen molar-refractivity contribution in [1.29, 1.82) is 0 Å². The molecule has 0 radical (unpaired) electrons. The summed E-state index contributed by atoms with van der Waals surface area (Å²) in [5, 5.41) is 0. The van der Waals surface area contributed by atoms with Gasteiger partial charge in [-0.2, -0.15) is 0 Å². The number of nitrogens with two attached hydrogens (primary N) is 1. The highest BCUT2D eigenvalue weighted by atomic mass is 16.5. The summed E-state index contributed by atoms with van der Waals surface area (Å²) >= 11 is 0. The monoisotopic (exact) mass is 225 g/mol. The summed E-state index contributed by atoms with van der Waals surface area (Å²) in [5.74, 6) is 0.825. The molecule has 2 unspecified atom stereocenters. The van der Waals surface area contributed by atoms with Gasteiger partial charge in [0.2, 0.25) is 0 Å². The SMILES string of the molecule is CC(C)(C)CCC1(CN)CCOC1C1CC1. The van der Waals surface area contributed by atoms with Crippen molar-refractivity contribution in [2.75, 3.05) is 13.2 Å². The van der Waals surface area contributed by atoms with E-state index in [0.717, 1.165) is 19.1 Å². The maximum Gasteiger partial charge on any atom is 0.0672 e. The molecule has 0 amide bonds. The normalized spacial score (nSPS) is 35.6. The van der Waals surface area contributed by atoms with E-state index in [1.54, 1.807) is 0 Å². The van der Waals surface area contributed by atoms with Crippen LogP contribution in [0.3, 0.4) is 0 Å². The van der Waals surface area contributed by atoms with Crippen molar-refractivity contribution in [2.45, 2.75) is 59.0 Å². The first kappa shape index (κ1) is 12.4. The minimum Gasteiger partial charge on any atom is -0.377 e. The van der Waals surface area contributed by atoms with Gasteiger partial charge in [-0.25, -0.2) is 0 Å². The lowest BCUT2D eigenvalue weighted by atomic mass is 9.72. The molecule has 1 aliphatic heterocycles. The molecular formula is C14H27NO. The van der Waals surface area contributed by atoms with Gasteiger partial charge < -0.3 is 10.5 Å². The van der Waals surface area contributed by atoms with Crippen LogP contribution in [-0.4, -0.2) is 19.3 Å². The third-order valence-electron chi connectivity index (χ3n) is 4.33. The predicted octanol–water partition coefficient (Wildman–Crippen LogP) is 2.96. The predicted molar refractivity (Wildman–Crippen MR) is 67.3 cm³/mol. The third kappa shape index (κ3) is 2.60. The highest BCUT2D eigenvalue weighted by molar-refractivity contribution is 5.00. The van der Waals surface area contributed by atoms with E-state index in [0.29, 0.717) is 16.9 Å². The van der Waals surface area contributed by atoms with Gasteiger partial charge >= 0.3 is 0 Å². The highest BCUT2D eigenvalue weighted by Gasteiger charge is 2.49. The van der Waals surface area contributed by atoms with Gasteiger partial charge in [0.05, 0.1) is 6.10 Å². The van der Waals surface area contributed by atoms with E-state index in [1.807, 2.05) is 0 Å². The van der Waals surface area contributed by atoms with Crippen molar-refractivity contribution in [2.24, 2.45) is 22.5 Å². The van der Waals surface area contributed by atoms with E-state index in [9.17, 15) is 0 Å². The Morgan fingerprint density at radius 1 is 1.31 bits per heavy atom. The van der Waals surface area contributed by atoms with Gasteiger partial charge in [-0.15, -0.1) is 0 Å². The molecule has 1 heterocycles. The minimum atomic E-state index is 0.300. The third-order valence-corrected chi connectivity index (χ3v) is 4.33. The van der Waals surface area contributed by atoms with Crippen LogP contribution in [-0.2, 0) is 4.74 Å². The first-order chi connectivity index (χ1) is 7.47. The van der Waals surface area contributed by atoms with Crippen LogP contribution in [0.25, 0.3) is 0 Å². The zero-order valence-corrected chi connectivity index (χ0v) is 11.1. The Hall–Kier alpha value is -0.0800. The minimum absolute atomic E-state index is 0.300. The van der Waals surface area contributed by atoms with Gasteiger partial charge in [0.15, 0.2) is 0 Å². The maximum atomic E-state index is 6.07. The van der Waals surface area contributed by atoms with Crippen LogP contribution < -0.4 is 5.73 Å². The van der Waals surface area contributed by atoms with E-state index in [4.69, 9.17) is 10.5 Å². The molecule has 0 spiro atoms. The summed E-state index contributed by atoms with van der Waals surface area (Å²) in [6.45, 7) is 8.70. The van der Waals surface area contributed by atoms with Crippen LogP contribution in [0, 0.1) is 16.7 Å². The molecule has 1 saturated carbocycles. The standard InChI is InChI=1S/C14H27NO/c1-13(2,3)6-7-14(10-15)8-9-16-12(14)11-4-5-11/h11-12H,4-10,15H2,1-3H3. The van der Waals surface area contributed by atoms with E-state index in [1.165, 1.54) is 32.1 Å². The fraction of sp³-hybridized carbons (Fsp3) is 1.00. The van der Waals surface area contributed by atoms with Gasteiger partial charge in [-0.1, -0.05) is 20.8 Å². The first-order valence-electron chi connectivity index (χ1n) is 6.79. The maximum absolute atomic E-state index is 6.07. The Kier molecular flexibility index (Phi) is 3.33. The van der Waals surface area contributed by atoms with Crippen molar-refractivity contribution >= 4 is 0 Å². The van der Waals surface area contributed by atoms with Gasteiger partial charge in [0.1, 0.15) is 0 Å². The molecular weight excluding hydrogens is 198 g/mol. The van der Waals surface area contributed by atoms with Crippen molar-refractivity contribution in [1.82, 2.24) is 0 Å². The Balaban J connectivity index is 1.99. The van der Waals surface area contributed by atoms with E-state index < -0.39 is 0 Å². The molecule has 0 bridgehead atoms. The Morgan fingerprint density at radius 3 is 2.50 bits per heavy atom. The summed E-state index contributed by atoms with van der Waals surface area (Å²) in [4.78, 5) is 0. The molecule has 0 aromatic carbocycles. The molecule has 1 aliphatic carbocycles. The van der Waals surface area contributed by atoms with E-state index in [2.05, 4.69) is 20.8 Å².